The number of carboxylic acid groups (broad SMARTS) is 1. The van der Waals surface area contributed by atoms with Gasteiger partial charge < -0.3 is 14.6 Å². The molecule has 1 aliphatic heterocycles. The summed E-state index contributed by atoms with van der Waals surface area (Å²) in [5, 5.41) is 8.88. The number of hydrogen-bond donors (Lipinski definition) is 1. The molecule has 1 N–H and O–H groups in total. The first-order valence-corrected chi connectivity index (χ1v) is 8.37. The molecule has 1 unspecified atom stereocenters. The van der Waals surface area contributed by atoms with Gasteiger partial charge in [-0.15, -0.1) is 0 Å². The highest BCUT2D eigenvalue weighted by atomic mass is 79.9. The molecule has 8 heteroatoms. The zero-order valence-electron chi connectivity index (χ0n) is 10.9. The lowest BCUT2D eigenvalue weighted by Crippen LogP contribution is -2.28. The van der Waals surface area contributed by atoms with Gasteiger partial charge in [0.05, 0.1) is 9.79 Å². The van der Waals surface area contributed by atoms with Crippen molar-refractivity contribution >= 4 is 31.7 Å². The SMILES string of the molecule is O=C(O)C1Oc2cc(Br)c(S(=O)(=O)c3ccccc3)cc2O1. The van der Waals surface area contributed by atoms with Crippen molar-refractivity contribution in [3.8, 4) is 11.5 Å². The number of rotatable bonds is 3. The van der Waals surface area contributed by atoms with Crippen molar-refractivity contribution in [1.82, 2.24) is 0 Å². The predicted octanol–water partition coefficient (Wildman–Crippen LogP) is 2.46. The summed E-state index contributed by atoms with van der Waals surface area (Å²) in [6.07, 6.45) is -1.48. The monoisotopic (exact) mass is 384 g/mol. The highest BCUT2D eigenvalue weighted by Gasteiger charge is 2.33. The molecule has 1 heterocycles. The van der Waals surface area contributed by atoms with Crippen molar-refractivity contribution in [1.29, 1.82) is 0 Å². The lowest BCUT2D eigenvalue weighted by Gasteiger charge is -2.08. The van der Waals surface area contributed by atoms with E-state index in [1.807, 2.05) is 0 Å². The molecule has 3 rings (SSSR count). The van der Waals surface area contributed by atoms with E-state index in [9.17, 15) is 13.2 Å². The second-order valence-electron chi connectivity index (χ2n) is 4.45. The van der Waals surface area contributed by atoms with Crippen molar-refractivity contribution in [2.45, 2.75) is 16.1 Å². The van der Waals surface area contributed by atoms with Gasteiger partial charge >= 0.3 is 12.3 Å². The van der Waals surface area contributed by atoms with Crippen LogP contribution in [-0.2, 0) is 14.6 Å². The van der Waals surface area contributed by atoms with Crippen molar-refractivity contribution in [2.75, 3.05) is 0 Å². The molecule has 1 atom stereocenters. The molecule has 0 amide bonds. The average molecular weight is 385 g/mol. The van der Waals surface area contributed by atoms with Crippen molar-refractivity contribution in [2.24, 2.45) is 0 Å². The summed E-state index contributed by atoms with van der Waals surface area (Å²) in [4.78, 5) is 11.0. The first-order chi connectivity index (χ1) is 10.4. The summed E-state index contributed by atoms with van der Waals surface area (Å²) in [7, 11) is -3.76. The van der Waals surface area contributed by atoms with Crippen molar-refractivity contribution in [3.05, 3.63) is 46.9 Å². The number of ether oxygens (including phenoxy) is 2. The molecule has 0 aliphatic carbocycles. The van der Waals surface area contributed by atoms with Gasteiger partial charge in [-0.1, -0.05) is 18.2 Å². The third-order valence-corrected chi connectivity index (χ3v) is 5.74. The van der Waals surface area contributed by atoms with Gasteiger partial charge in [0.2, 0.25) is 9.84 Å². The lowest BCUT2D eigenvalue weighted by atomic mass is 10.3. The highest BCUT2D eigenvalue weighted by Crippen LogP contribution is 2.41. The minimum Gasteiger partial charge on any atom is -0.476 e. The van der Waals surface area contributed by atoms with E-state index < -0.39 is 22.1 Å². The summed E-state index contributed by atoms with van der Waals surface area (Å²) < 4.78 is 35.7. The number of sulfone groups is 1. The first-order valence-electron chi connectivity index (χ1n) is 6.09. The lowest BCUT2D eigenvalue weighted by molar-refractivity contribution is -0.154. The molecule has 22 heavy (non-hydrogen) atoms. The zero-order chi connectivity index (χ0) is 15.9. The molecule has 0 saturated carbocycles. The topological polar surface area (TPSA) is 89.9 Å². The average Bonchev–Trinajstić information content (AvgIpc) is 2.90. The molecule has 0 radical (unpaired) electrons. The molecule has 0 bridgehead atoms. The fourth-order valence-electron chi connectivity index (χ4n) is 1.99. The van der Waals surface area contributed by atoms with Crippen molar-refractivity contribution in [3.63, 3.8) is 0 Å². The molecular weight excluding hydrogens is 376 g/mol. The van der Waals surface area contributed by atoms with Crippen LogP contribution < -0.4 is 9.47 Å². The van der Waals surface area contributed by atoms with Gasteiger partial charge in [0, 0.05) is 10.5 Å². The van der Waals surface area contributed by atoms with E-state index in [4.69, 9.17) is 14.6 Å². The molecular formula is C14H9BrO6S. The summed E-state index contributed by atoms with van der Waals surface area (Å²) >= 11 is 3.18. The molecule has 0 spiro atoms. The molecule has 1 aliphatic rings. The largest absolute Gasteiger partial charge is 0.476 e. The van der Waals surface area contributed by atoms with Gasteiger partial charge in [-0.2, -0.15) is 0 Å². The van der Waals surface area contributed by atoms with E-state index in [2.05, 4.69) is 15.9 Å². The Bertz CT molecular complexity index is 847. The van der Waals surface area contributed by atoms with Crippen LogP contribution in [0.2, 0.25) is 0 Å². The number of hydrogen-bond acceptors (Lipinski definition) is 5. The van der Waals surface area contributed by atoms with E-state index in [0.717, 1.165) is 0 Å². The fourth-order valence-corrected chi connectivity index (χ4v) is 4.30. The van der Waals surface area contributed by atoms with Crippen LogP contribution in [0.25, 0.3) is 0 Å². The van der Waals surface area contributed by atoms with E-state index in [1.54, 1.807) is 18.2 Å². The van der Waals surface area contributed by atoms with Gasteiger partial charge in [-0.3, -0.25) is 0 Å². The molecule has 0 aromatic heterocycles. The van der Waals surface area contributed by atoms with Gasteiger partial charge in [0.15, 0.2) is 11.5 Å². The maximum atomic E-state index is 12.6. The summed E-state index contributed by atoms with van der Waals surface area (Å²) in [5.41, 5.74) is 0. The quantitative estimate of drug-likeness (QED) is 0.873. The van der Waals surface area contributed by atoms with Gasteiger partial charge in [0.25, 0.3) is 0 Å². The summed E-state index contributed by atoms with van der Waals surface area (Å²) in [6.45, 7) is 0. The number of carboxylic acids is 1. The normalized spacial score (nSPS) is 16.5. The maximum absolute atomic E-state index is 12.6. The Balaban J connectivity index is 2.08. The van der Waals surface area contributed by atoms with Gasteiger partial charge in [-0.05, 0) is 34.1 Å². The van der Waals surface area contributed by atoms with E-state index in [1.165, 1.54) is 24.3 Å². The Hall–Kier alpha value is -2.06. The van der Waals surface area contributed by atoms with Crippen LogP contribution in [0, 0.1) is 0 Å². The zero-order valence-corrected chi connectivity index (χ0v) is 13.3. The van der Waals surface area contributed by atoms with Crippen LogP contribution >= 0.6 is 15.9 Å². The van der Waals surface area contributed by atoms with E-state index in [0.29, 0.717) is 0 Å². The van der Waals surface area contributed by atoms with Crippen LogP contribution in [0.5, 0.6) is 11.5 Å². The van der Waals surface area contributed by atoms with Crippen LogP contribution in [-0.4, -0.2) is 25.8 Å². The van der Waals surface area contributed by atoms with Gasteiger partial charge in [-0.25, -0.2) is 13.2 Å². The number of benzene rings is 2. The number of halogens is 1. The molecule has 2 aromatic rings. The van der Waals surface area contributed by atoms with Crippen LogP contribution in [0.4, 0.5) is 0 Å². The molecule has 6 nitrogen and oxygen atoms in total. The van der Waals surface area contributed by atoms with E-state index >= 15 is 0 Å². The van der Waals surface area contributed by atoms with Crippen LogP contribution in [0.1, 0.15) is 0 Å². The molecule has 114 valence electrons. The standard InChI is InChI=1S/C14H9BrO6S/c15-9-6-10-11(21-14(20-10)13(16)17)7-12(9)22(18,19)8-4-2-1-3-5-8/h1-7,14H,(H,16,17). The third kappa shape index (κ3) is 2.44. The molecule has 0 saturated heterocycles. The van der Waals surface area contributed by atoms with Crippen LogP contribution in [0.15, 0.2) is 56.7 Å². The third-order valence-electron chi connectivity index (χ3n) is 3.01. The fraction of sp³-hybridized carbons (Fsp3) is 0.0714. The second kappa shape index (κ2) is 5.29. The van der Waals surface area contributed by atoms with Gasteiger partial charge in [0.1, 0.15) is 0 Å². The Morgan fingerprint density at radius 1 is 1.09 bits per heavy atom. The minimum atomic E-state index is -3.76. The second-order valence-corrected chi connectivity index (χ2v) is 7.22. The smallest absolute Gasteiger partial charge is 0.387 e. The van der Waals surface area contributed by atoms with E-state index in [-0.39, 0.29) is 25.8 Å². The number of aliphatic carboxylic acids is 1. The number of fused-ring (bicyclic) bond motifs is 1. The predicted molar refractivity (Wildman–Crippen MR) is 78.7 cm³/mol. The summed E-state index contributed by atoms with van der Waals surface area (Å²) in [6, 6.07) is 10.5. The Morgan fingerprint density at radius 3 is 2.27 bits per heavy atom. The minimum absolute atomic E-state index is 0.0212. The molecule has 2 aromatic carbocycles. The first kappa shape index (κ1) is 14.9. The highest BCUT2D eigenvalue weighted by molar-refractivity contribution is 9.10. The molecule has 0 fully saturated rings. The maximum Gasteiger partial charge on any atom is 0.387 e. The summed E-state index contributed by atoms with van der Waals surface area (Å²) in [5.74, 6) is -1.05. The van der Waals surface area contributed by atoms with Crippen molar-refractivity contribution < 1.29 is 27.8 Å². The Kier molecular flexibility index (Phi) is 3.57. The Labute approximate surface area is 134 Å². The Morgan fingerprint density at radius 2 is 1.68 bits per heavy atom. The number of carbonyl (C=O) groups is 1. The van der Waals surface area contributed by atoms with Crippen LogP contribution in [0.3, 0.4) is 0 Å².